The number of fused-ring (bicyclic) bond motifs is 1. The van der Waals surface area contributed by atoms with Crippen molar-refractivity contribution in [1.29, 1.82) is 0 Å². The van der Waals surface area contributed by atoms with E-state index in [0.717, 1.165) is 12.1 Å². The van der Waals surface area contributed by atoms with Crippen LogP contribution >= 0.6 is 0 Å². The average Bonchev–Trinajstić information content (AvgIpc) is 3.29. The van der Waals surface area contributed by atoms with Gasteiger partial charge >= 0.3 is 0 Å². The van der Waals surface area contributed by atoms with E-state index in [2.05, 4.69) is 49.3 Å². The fraction of sp³-hybridized carbons (Fsp3) is 0.640. The average molecular weight is 557 g/mol. The highest BCUT2D eigenvalue weighted by atomic mass is 28.4. The third-order valence-corrected chi connectivity index (χ3v) is 12.0. The number of oxime groups is 1. The summed E-state index contributed by atoms with van der Waals surface area (Å²) in [4.78, 5) is 0. The molecule has 13 heteroatoms. The fourth-order valence-corrected chi connectivity index (χ4v) is 5.82. The summed E-state index contributed by atoms with van der Waals surface area (Å²) >= 11 is 0. The predicted octanol–water partition coefficient (Wildman–Crippen LogP) is 5.06. The van der Waals surface area contributed by atoms with Crippen molar-refractivity contribution in [2.45, 2.75) is 95.4 Å². The Morgan fingerprint density at radius 1 is 1.24 bits per heavy atom. The zero-order valence-corrected chi connectivity index (χ0v) is 23.6. The van der Waals surface area contributed by atoms with Crippen molar-refractivity contribution < 1.29 is 37.0 Å². The molecule has 4 rings (SSSR count). The van der Waals surface area contributed by atoms with E-state index in [1.165, 1.54) is 12.4 Å². The van der Waals surface area contributed by atoms with Crippen molar-refractivity contribution >= 4 is 14.5 Å². The number of rotatable bonds is 6. The number of ether oxygens (including phenoxy) is 3. The summed E-state index contributed by atoms with van der Waals surface area (Å²) in [7, 11) is -2.39. The summed E-state index contributed by atoms with van der Waals surface area (Å²) in [5.74, 6) is -5.12. The number of hydrogen-bond acceptors (Lipinski definition) is 8. The van der Waals surface area contributed by atoms with Gasteiger partial charge in [0.2, 0.25) is 0 Å². The molecular formula is C25H35F3N4O5Si. The minimum Gasteiger partial charge on any atom is -0.411 e. The molecule has 0 radical (unpaired) electrons. The Bertz CT molecular complexity index is 1160. The van der Waals surface area contributed by atoms with Crippen LogP contribution in [0.3, 0.4) is 0 Å². The quantitative estimate of drug-likeness (QED) is 0.174. The second-order valence-corrected chi connectivity index (χ2v) is 16.5. The molecule has 0 aliphatic carbocycles. The lowest BCUT2D eigenvalue weighted by Gasteiger charge is -2.53. The molecule has 1 aromatic carbocycles. The maximum atomic E-state index is 14.0. The SMILES string of the molecule is CC1(C)OC[C@H]2O[C@H](CC=NO)[C@H](O[Si](C)(C)C(C)(C)C)[C@@H](n3cc(-c4cc(F)c(F)c(F)c4)nn3)[C@H]2O1. The molecule has 210 valence electrons. The van der Waals surface area contributed by atoms with Gasteiger partial charge in [-0.1, -0.05) is 26.0 Å². The van der Waals surface area contributed by atoms with Crippen LogP contribution < -0.4 is 0 Å². The van der Waals surface area contributed by atoms with E-state index < -0.39 is 62.0 Å². The number of benzene rings is 1. The molecule has 0 saturated carbocycles. The molecule has 2 saturated heterocycles. The van der Waals surface area contributed by atoms with Crippen LogP contribution in [0.5, 0.6) is 0 Å². The Hall–Kier alpha value is -2.32. The van der Waals surface area contributed by atoms with Crippen LogP contribution in [0.1, 0.15) is 47.1 Å². The Kier molecular flexibility index (Phi) is 7.80. The van der Waals surface area contributed by atoms with E-state index >= 15 is 0 Å². The summed E-state index contributed by atoms with van der Waals surface area (Å²) in [5.41, 5.74) is 0.187. The van der Waals surface area contributed by atoms with E-state index in [-0.39, 0.29) is 29.3 Å². The molecule has 38 heavy (non-hydrogen) atoms. The lowest BCUT2D eigenvalue weighted by molar-refractivity contribution is -0.346. The van der Waals surface area contributed by atoms with Crippen LogP contribution in [-0.2, 0) is 18.6 Å². The number of halogens is 3. The first-order valence-corrected chi connectivity index (χ1v) is 15.4. The van der Waals surface area contributed by atoms with Crippen LogP contribution in [0.4, 0.5) is 13.2 Å². The van der Waals surface area contributed by atoms with E-state index in [9.17, 15) is 13.2 Å². The van der Waals surface area contributed by atoms with E-state index in [1.54, 1.807) is 18.5 Å². The first kappa shape index (κ1) is 28.7. The van der Waals surface area contributed by atoms with E-state index in [0.29, 0.717) is 0 Å². The minimum atomic E-state index is -2.39. The highest BCUT2D eigenvalue weighted by molar-refractivity contribution is 6.74. The molecule has 1 N–H and O–H groups in total. The van der Waals surface area contributed by atoms with Crippen LogP contribution in [0.25, 0.3) is 11.3 Å². The van der Waals surface area contributed by atoms with Gasteiger partial charge in [0.25, 0.3) is 0 Å². The fourth-order valence-electron chi connectivity index (χ4n) is 4.49. The summed E-state index contributed by atoms with van der Waals surface area (Å²) in [6.45, 7) is 14.4. The normalized spacial score (nSPS) is 28.0. The molecule has 3 heterocycles. The second kappa shape index (κ2) is 10.3. The largest absolute Gasteiger partial charge is 0.411 e. The van der Waals surface area contributed by atoms with Crippen LogP contribution in [0.15, 0.2) is 23.5 Å². The van der Waals surface area contributed by atoms with Crippen molar-refractivity contribution in [3.63, 3.8) is 0 Å². The Morgan fingerprint density at radius 2 is 1.89 bits per heavy atom. The van der Waals surface area contributed by atoms with Gasteiger partial charge in [-0.05, 0) is 44.1 Å². The second-order valence-electron chi connectivity index (χ2n) is 11.7. The first-order chi connectivity index (χ1) is 17.6. The predicted molar refractivity (Wildman–Crippen MR) is 135 cm³/mol. The van der Waals surface area contributed by atoms with E-state index in [1.807, 2.05) is 0 Å². The third-order valence-electron chi connectivity index (χ3n) is 7.52. The van der Waals surface area contributed by atoms with Gasteiger partial charge in [0.1, 0.15) is 23.9 Å². The van der Waals surface area contributed by atoms with Crippen molar-refractivity contribution in [3.8, 4) is 11.3 Å². The summed E-state index contributed by atoms with van der Waals surface area (Å²) < 4.78 is 68.5. The molecule has 5 atom stereocenters. The van der Waals surface area contributed by atoms with Crippen molar-refractivity contribution in [2.75, 3.05) is 6.61 Å². The van der Waals surface area contributed by atoms with Gasteiger partial charge in [-0.2, -0.15) is 0 Å². The van der Waals surface area contributed by atoms with Gasteiger partial charge in [0, 0.05) is 18.2 Å². The Morgan fingerprint density at radius 3 is 2.50 bits per heavy atom. The molecule has 0 spiro atoms. The number of aromatic nitrogens is 3. The third kappa shape index (κ3) is 5.66. The van der Waals surface area contributed by atoms with Crippen LogP contribution in [0.2, 0.25) is 18.1 Å². The van der Waals surface area contributed by atoms with Gasteiger partial charge in [0.05, 0.1) is 25.0 Å². The highest BCUT2D eigenvalue weighted by Crippen LogP contribution is 2.45. The smallest absolute Gasteiger partial charge is 0.194 e. The molecule has 2 aliphatic rings. The van der Waals surface area contributed by atoms with Crippen molar-refractivity contribution in [3.05, 3.63) is 35.8 Å². The van der Waals surface area contributed by atoms with Crippen LogP contribution in [-0.4, -0.2) is 71.5 Å². The lowest BCUT2D eigenvalue weighted by atomic mass is 9.90. The molecule has 0 bridgehead atoms. The minimum absolute atomic E-state index is 0.0373. The maximum Gasteiger partial charge on any atom is 0.194 e. The van der Waals surface area contributed by atoms with Gasteiger partial charge in [-0.15, -0.1) is 10.3 Å². The Balaban J connectivity index is 1.81. The van der Waals surface area contributed by atoms with Gasteiger partial charge < -0.3 is 23.8 Å². The van der Waals surface area contributed by atoms with Gasteiger partial charge in [-0.3, -0.25) is 0 Å². The zero-order valence-electron chi connectivity index (χ0n) is 22.6. The topological polar surface area (TPSA) is 100 Å². The molecular weight excluding hydrogens is 521 g/mol. The monoisotopic (exact) mass is 556 g/mol. The first-order valence-electron chi connectivity index (χ1n) is 12.5. The van der Waals surface area contributed by atoms with Gasteiger partial charge in [-0.25, -0.2) is 17.9 Å². The Labute approximate surface area is 221 Å². The molecule has 9 nitrogen and oxygen atoms in total. The summed E-state index contributed by atoms with van der Waals surface area (Å²) in [6, 6.07) is 1.16. The lowest BCUT2D eigenvalue weighted by Crippen LogP contribution is -2.64. The molecule has 0 unspecified atom stereocenters. The maximum absolute atomic E-state index is 14.0. The molecule has 0 amide bonds. The molecule has 1 aromatic heterocycles. The molecule has 2 aliphatic heterocycles. The van der Waals surface area contributed by atoms with E-state index in [4.69, 9.17) is 23.8 Å². The number of nitrogens with zero attached hydrogens (tertiary/aromatic N) is 4. The molecule has 2 aromatic rings. The van der Waals surface area contributed by atoms with Crippen molar-refractivity contribution in [2.24, 2.45) is 5.16 Å². The molecule has 2 fully saturated rings. The van der Waals surface area contributed by atoms with Crippen LogP contribution in [0, 0.1) is 17.5 Å². The summed E-state index contributed by atoms with van der Waals surface area (Å²) in [6.07, 6.45) is 0.882. The summed E-state index contributed by atoms with van der Waals surface area (Å²) in [5, 5.41) is 20.6. The highest BCUT2D eigenvalue weighted by Gasteiger charge is 2.55. The number of hydrogen-bond donors (Lipinski definition) is 1. The zero-order chi connectivity index (χ0) is 28.0. The van der Waals surface area contributed by atoms with Crippen molar-refractivity contribution in [1.82, 2.24) is 15.0 Å². The standard InChI is InChI=1S/C25H35F3N4O5Si/c1-24(2,3)38(6,7)37-23-18(8-9-29-33)35-19-13-34-25(4,5)36-22(19)21(23)32-12-17(30-31-32)14-10-15(26)20(28)16(27)11-14/h9-12,18-19,21-23,33H,8,13H2,1-7H3/t18-,19-,21+,22+,23+/m1/s1. The van der Waals surface area contributed by atoms with Gasteiger partial charge in [0.15, 0.2) is 31.6 Å².